The van der Waals surface area contributed by atoms with Crippen LogP contribution in [0.25, 0.3) is 0 Å². The molecule has 3 aromatic rings. The molecule has 1 aromatic heterocycles. The van der Waals surface area contributed by atoms with Gasteiger partial charge in [-0.05, 0) is 49.2 Å². The molecule has 10 heteroatoms. The minimum absolute atomic E-state index is 0.114. The first-order valence-electron chi connectivity index (χ1n) is 11.2. The molecule has 2 aromatic carbocycles. The van der Waals surface area contributed by atoms with Crippen molar-refractivity contribution in [2.75, 3.05) is 19.0 Å². The van der Waals surface area contributed by atoms with Gasteiger partial charge in [-0.1, -0.05) is 24.2 Å². The number of carbonyl (C=O) groups is 2. The second-order valence-corrected chi connectivity index (χ2v) is 7.65. The molecule has 4 rings (SSSR count). The second kappa shape index (κ2) is 10.7. The Labute approximate surface area is 202 Å². The maximum absolute atomic E-state index is 12.6. The number of hydrazone groups is 1. The summed E-state index contributed by atoms with van der Waals surface area (Å²) in [4.78, 5) is 24.7. The Hall–Kier alpha value is -4.34. The van der Waals surface area contributed by atoms with E-state index in [-0.39, 0.29) is 12.3 Å². The first kappa shape index (κ1) is 23.8. The lowest BCUT2D eigenvalue weighted by Crippen LogP contribution is -2.41. The molecule has 10 nitrogen and oxygen atoms in total. The summed E-state index contributed by atoms with van der Waals surface area (Å²) in [6, 6.07) is 14.1. The van der Waals surface area contributed by atoms with Gasteiger partial charge in [-0.3, -0.25) is 4.79 Å². The van der Waals surface area contributed by atoms with Gasteiger partial charge in [0.1, 0.15) is 11.8 Å². The Bertz CT molecular complexity index is 1210. The number of carbonyl (C=O) groups excluding carboxylic acids is 2. The number of aromatic nitrogens is 1. The number of nitrogens with zero attached hydrogens (tertiary/aromatic N) is 3. The lowest BCUT2D eigenvalue weighted by molar-refractivity contribution is 0.0712. The van der Waals surface area contributed by atoms with Crippen molar-refractivity contribution >= 4 is 23.4 Å². The fourth-order valence-corrected chi connectivity index (χ4v) is 3.59. The van der Waals surface area contributed by atoms with E-state index in [1.165, 1.54) is 17.3 Å². The zero-order chi connectivity index (χ0) is 24.8. The zero-order valence-corrected chi connectivity index (χ0v) is 19.7. The van der Waals surface area contributed by atoms with Crippen molar-refractivity contribution in [1.29, 1.82) is 0 Å². The number of benzene rings is 2. The van der Waals surface area contributed by atoms with Gasteiger partial charge >= 0.3 is 6.09 Å². The number of methoxy groups -OCH3 is 1. The van der Waals surface area contributed by atoms with Crippen LogP contribution in [0.3, 0.4) is 0 Å². The molecule has 0 spiro atoms. The van der Waals surface area contributed by atoms with Crippen LogP contribution in [0, 0.1) is 0 Å². The summed E-state index contributed by atoms with van der Waals surface area (Å²) < 4.78 is 21.6. The molecule has 1 unspecified atom stereocenters. The van der Waals surface area contributed by atoms with Crippen LogP contribution in [0.5, 0.6) is 11.5 Å². The first-order valence-corrected chi connectivity index (χ1v) is 11.2. The number of anilines is 1. The van der Waals surface area contributed by atoms with E-state index in [9.17, 15) is 9.59 Å². The molecule has 2 heterocycles. The van der Waals surface area contributed by atoms with Crippen molar-refractivity contribution < 1.29 is 28.3 Å². The summed E-state index contributed by atoms with van der Waals surface area (Å²) in [6.45, 7) is 4.51. The maximum Gasteiger partial charge on any atom is 0.431 e. The van der Waals surface area contributed by atoms with Crippen molar-refractivity contribution in [3.8, 4) is 11.5 Å². The summed E-state index contributed by atoms with van der Waals surface area (Å²) in [6.07, 6.45) is 0.975. The van der Waals surface area contributed by atoms with Crippen LogP contribution in [0.4, 0.5) is 10.5 Å². The number of amides is 2. The summed E-state index contributed by atoms with van der Waals surface area (Å²) in [5, 5.41) is 12.2. The molecule has 1 aliphatic rings. The maximum atomic E-state index is 12.6. The normalized spacial score (nSPS) is 15.3. The molecule has 0 saturated heterocycles. The van der Waals surface area contributed by atoms with Crippen LogP contribution in [0.2, 0.25) is 0 Å². The van der Waals surface area contributed by atoms with Crippen molar-refractivity contribution in [3.63, 3.8) is 0 Å². The fraction of sp³-hybridized carbons (Fsp3) is 0.280. The molecule has 0 fully saturated rings. The molecule has 1 aliphatic heterocycles. The standard InChI is InChI=1S/C25H26N4O6/c1-4-19-23(17-8-11-20(32-3)22(14-17)33-5-2)28-29(25(31)34-19)15-16-6-9-18(10-7-16)27-24(30)21-12-13-26-35-21/h6-14,19H,4-5,15H2,1-3H3,(H,27,30). The monoisotopic (exact) mass is 478 g/mol. The Kier molecular flexibility index (Phi) is 7.30. The minimum atomic E-state index is -0.526. The van der Waals surface area contributed by atoms with Gasteiger partial charge in [0.2, 0.25) is 5.76 Å². The molecule has 0 radical (unpaired) electrons. The SMILES string of the molecule is CCOc1cc(C2=NN(Cc3ccc(NC(=O)c4ccno4)cc3)C(=O)OC2CC)ccc1OC. The third kappa shape index (κ3) is 5.43. The highest BCUT2D eigenvalue weighted by Crippen LogP contribution is 2.30. The molecule has 0 aliphatic carbocycles. The van der Waals surface area contributed by atoms with Crippen LogP contribution in [0.1, 0.15) is 41.9 Å². The van der Waals surface area contributed by atoms with Gasteiger partial charge in [0, 0.05) is 17.3 Å². The third-order valence-corrected chi connectivity index (χ3v) is 5.32. The molecular formula is C25H26N4O6. The average Bonchev–Trinajstić information content (AvgIpc) is 3.42. The van der Waals surface area contributed by atoms with Crippen molar-refractivity contribution in [1.82, 2.24) is 10.2 Å². The van der Waals surface area contributed by atoms with E-state index in [1.807, 2.05) is 32.0 Å². The van der Waals surface area contributed by atoms with E-state index >= 15 is 0 Å². The third-order valence-electron chi connectivity index (χ3n) is 5.32. The van der Waals surface area contributed by atoms with E-state index in [1.54, 1.807) is 31.4 Å². The number of cyclic esters (lactones) is 1. The highest BCUT2D eigenvalue weighted by atomic mass is 16.6. The Morgan fingerprint density at radius 2 is 1.91 bits per heavy atom. The van der Waals surface area contributed by atoms with Crippen LogP contribution in [0.15, 0.2) is 64.4 Å². The van der Waals surface area contributed by atoms with Crippen molar-refractivity contribution in [2.45, 2.75) is 32.9 Å². The molecule has 0 saturated carbocycles. The number of ether oxygens (including phenoxy) is 3. The van der Waals surface area contributed by atoms with Gasteiger partial charge in [0.05, 0.1) is 26.5 Å². The van der Waals surface area contributed by atoms with E-state index in [2.05, 4.69) is 15.6 Å². The molecule has 1 atom stereocenters. The summed E-state index contributed by atoms with van der Waals surface area (Å²) in [5.74, 6) is 0.921. The van der Waals surface area contributed by atoms with Gasteiger partial charge in [0.25, 0.3) is 5.91 Å². The topological polar surface area (TPSA) is 115 Å². The van der Waals surface area contributed by atoms with E-state index in [4.69, 9.17) is 18.7 Å². The molecule has 35 heavy (non-hydrogen) atoms. The molecule has 2 amide bonds. The largest absolute Gasteiger partial charge is 0.493 e. The van der Waals surface area contributed by atoms with Gasteiger partial charge in [-0.2, -0.15) is 10.1 Å². The first-order chi connectivity index (χ1) is 17.0. The summed E-state index contributed by atoms with van der Waals surface area (Å²) >= 11 is 0. The summed E-state index contributed by atoms with van der Waals surface area (Å²) in [5.41, 5.74) is 2.80. The number of nitrogens with one attached hydrogen (secondary N) is 1. The molecule has 182 valence electrons. The number of hydrogen-bond acceptors (Lipinski definition) is 8. The van der Waals surface area contributed by atoms with Gasteiger partial charge in [-0.15, -0.1) is 0 Å². The van der Waals surface area contributed by atoms with Gasteiger partial charge in [0.15, 0.2) is 11.5 Å². The van der Waals surface area contributed by atoms with Crippen molar-refractivity contribution in [2.24, 2.45) is 5.10 Å². The molecular weight excluding hydrogens is 452 g/mol. The van der Waals surface area contributed by atoms with Gasteiger partial charge in [-0.25, -0.2) is 4.79 Å². The van der Waals surface area contributed by atoms with E-state index in [0.717, 1.165) is 11.1 Å². The predicted octanol–water partition coefficient (Wildman–Crippen LogP) is 4.47. The molecule has 1 N–H and O–H groups in total. The lowest BCUT2D eigenvalue weighted by Gasteiger charge is -2.29. The number of hydrogen-bond donors (Lipinski definition) is 1. The van der Waals surface area contributed by atoms with Crippen LogP contribution in [-0.4, -0.2) is 47.7 Å². The van der Waals surface area contributed by atoms with Crippen molar-refractivity contribution in [3.05, 3.63) is 71.6 Å². The minimum Gasteiger partial charge on any atom is -0.493 e. The highest BCUT2D eigenvalue weighted by molar-refractivity contribution is 6.06. The molecule has 0 bridgehead atoms. The van der Waals surface area contributed by atoms with Crippen LogP contribution < -0.4 is 14.8 Å². The van der Waals surface area contributed by atoms with Crippen LogP contribution in [-0.2, 0) is 11.3 Å². The smallest absolute Gasteiger partial charge is 0.431 e. The Morgan fingerprint density at radius 3 is 2.57 bits per heavy atom. The lowest BCUT2D eigenvalue weighted by atomic mass is 10.0. The predicted molar refractivity (Wildman–Crippen MR) is 128 cm³/mol. The van der Waals surface area contributed by atoms with Crippen LogP contribution >= 0.6 is 0 Å². The fourth-order valence-electron chi connectivity index (χ4n) is 3.59. The quantitative estimate of drug-likeness (QED) is 0.482. The van der Waals surface area contributed by atoms with E-state index < -0.39 is 18.1 Å². The van der Waals surface area contributed by atoms with Gasteiger partial charge < -0.3 is 24.1 Å². The summed E-state index contributed by atoms with van der Waals surface area (Å²) in [7, 11) is 1.58. The zero-order valence-electron chi connectivity index (χ0n) is 19.7. The highest BCUT2D eigenvalue weighted by Gasteiger charge is 2.31. The number of rotatable bonds is 9. The Balaban J connectivity index is 1.53. The average molecular weight is 479 g/mol. The Morgan fingerprint density at radius 1 is 1.11 bits per heavy atom. The van der Waals surface area contributed by atoms with E-state index in [0.29, 0.717) is 35.9 Å². The second-order valence-electron chi connectivity index (χ2n) is 7.65.